The van der Waals surface area contributed by atoms with Crippen molar-refractivity contribution in [2.75, 3.05) is 39.3 Å². The minimum absolute atomic E-state index is 0.460. The average molecular weight is 329 g/mol. The summed E-state index contributed by atoms with van der Waals surface area (Å²) in [6, 6.07) is 5.77. The molecular weight excluding hydrogens is 307 g/mol. The maximum Gasteiger partial charge on any atom is 0.0702 e. The van der Waals surface area contributed by atoms with Crippen molar-refractivity contribution in [1.29, 1.82) is 0 Å². The molecule has 1 aromatic carbocycles. The lowest BCUT2D eigenvalue weighted by Crippen LogP contribution is -2.48. The van der Waals surface area contributed by atoms with Crippen LogP contribution in [0.25, 0.3) is 0 Å². The van der Waals surface area contributed by atoms with Crippen LogP contribution in [0.15, 0.2) is 18.2 Å². The summed E-state index contributed by atoms with van der Waals surface area (Å²) < 4.78 is 5.72. The van der Waals surface area contributed by atoms with Gasteiger partial charge >= 0.3 is 0 Å². The Bertz CT molecular complexity index is 469. The summed E-state index contributed by atoms with van der Waals surface area (Å²) in [5.41, 5.74) is 1.16. The molecule has 2 heterocycles. The van der Waals surface area contributed by atoms with Crippen molar-refractivity contribution >= 4 is 23.2 Å². The fourth-order valence-electron chi connectivity index (χ4n) is 3.10. The van der Waals surface area contributed by atoms with Gasteiger partial charge in [0.25, 0.3) is 0 Å². The summed E-state index contributed by atoms with van der Waals surface area (Å²) in [5.74, 6) is 0. The van der Waals surface area contributed by atoms with Gasteiger partial charge in [-0.05, 0) is 30.5 Å². The van der Waals surface area contributed by atoms with Crippen molar-refractivity contribution in [2.45, 2.75) is 25.5 Å². The molecule has 1 unspecified atom stereocenters. The normalized spacial score (nSPS) is 24.6. The van der Waals surface area contributed by atoms with Gasteiger partial charge in [0, 0.05) is 55.9 Å². The van der Waals surface area contributed by atoms with Crippen LogP contribution in [-0.2, 0) is 11.3 Å². The smallest absolute Gasteiger partial charge is 0.0702 e. The number of halogens is 2. The average Bonchev–Trinajstić information content (AvgIpc) is 2.97. The Morgan fingerprint density at radius 1 is 1.10 bits per heavy atom. The summed E-state index contributed by atoms with van der Waals surface area (Å²) in [4.78, 5) is 4.98. The van der Waals surface area contributed by atoms with Gasteiger partial charge in [0.1, 0.15) is 0 Å². The first-order chi connectivity index (χ1) is 10.2. The van der Waals surface area contributed by atoms with Gasteiger partial charge in [0.15, 0.2) is 0 Å². The van der Waals surface area contributed by atoms with Crippen LogP contribution in [0.1, 0.15) is 18.4 Å². The van der Waals surface area contributed by atoms with Gasteiger partial charge in [0.05, 0.1) is 6.10 Å². The number of piperazine rings is 1. The Morgan fingerprint density at radius 3 is 2.52 bits per heavy atom. The van der Waals surface area contributed by atoms with Gasteiger partial charge in [-0.3, -0.25) is 9.80 Å². The van der Waals surface area contributed by atoms with E-state index in [4.69, 9.17) is 27.9 Å². The minimum Gasteiger partial charge on any atom is -0.377 e. The minimum atomic E-state index is 0.460. The Balaban J connectivity index is 1.46. The number of ether oxygens (including phenoxy) is 1. The second kappa shape index (κ2) is 7.30. The van der Waals surface area contributed by atoms with Crippen molar-refractivity contribution in [1.82, 2.24) is 9.80 Å². The van der Waals surface area contributed by atoms with Crippen molar-refractivity contribution in [2.24, 2.45) is 0 Å². The van der Waals surface area contributed by atoms with Gasteiger partial charge in [-0.25, -0.2) is 0 Å². The molecule has 0 N–H and O–H groups in total. The van der Waals surface area contributed by atoms with Gasteiger partial charge in [0.2, 0.25) is 0 Å². The zero-order valence-corrected chi connectivity index (χ0v) is 13.7. The van der Waals surface area contributed by atoms with Crippen LogP contribution in [0.4, 0.5) is 0 Å². The highest BCUT2D eigenvalue weighted by Gasteiger charge is 2.23. The van der Waals surface area contributed by atoms with Crippen LogP contribution in [-0.4, -0.2) is 55.2 Å². The van der Waals surface area contributed by atoms with E-state index in [9.17, 15) is 0 Å². The number of nitrogens with zero attached hydrogens (tertiary/aromatic N) is 2. The van der Waals surface area contributed by atoms with E-state index in [2.05, 4.69) is 9.80 Å². The molecule has 3 rings (SSSR count). The van der Waals surface area contributed by atoms with E-state index in [0.717, 1.165) is 56.5 Å². The molecule has 2 fully saturated rings. The first-order valence-corrected chi connectivity index (χ1v) is 8.46. The van der Waals surface area contributed by atoms with E-state index < -0.39 is 0 Å². The quantitative estimate of drug-likeness (QED) is 0.843. The number of hydrogen-bond acceptors (Lipinski definition) is 3. The summed E-state index contributed by atoms with van der Waals surface area (Å²) in [5, 5.41) is 1.47. The lowest BCUT2D eigenvalue weighted by Gasteiger charge is -2.35. The third-order valence-corrected chi connectivity index (χ3v) is 4.95. The standard InChI is InChI=1S/C16H22Cl2N2O/c17-14-4-3-13(16(18)10-14)11-19-5-7-20(8-6-19)12-15-2-1-9-21-15/h3-4,10,15H,1-2,5-9,11-12H2. The molecule has 0 bridgehead atoms. The SMILES string of the molecule is Clc1ccc(CN2CCN(CC3CCCO3)CC2)c(Cl)c1. The maximum absolute atomic E-state index is 6.25. The van der Waals surface area contributed by atoms with Crippen LogP contribution in [0.5, 0.6) is 0 Å². The second-order valence-corrected chi connectivity index (χ2v) is 6.79. The molecule has 1 aromatic rings. The van der Waals surface area contributed by atoms with Crippen LogP contribution in [0.2, 0.25) is 10.0 Å². The lowest BCUT2D eigenvalue weighted by atomic mass is 10.2. The summed E-state index contributed by atoms with van der Waals surface area (Å²) >= 11 is 12.2. The highest BCUT2D eigenvalue weighted by atomic mass is 35.5. The van der Waals surface area contributed by atoms with E-state index in [1.54, 1.807) is 0 Å². The van der Waals surface area contributed by atoms with Crippen molar-refractivity contribution in [3.05, 3.63) is 33.8 Å². The molecule has 5 heteroatoms. The fourth-order valence-corrected chi connectivity index (χ4v) is 3.57. The molecule has 0 aromatic heterocycles. The Morgan fingerprint density at radius 2 is 1.86 bits per heavy atom. The molecule has 0 spiro atoms. The van der Waals surface area contributed by atoms with E-state index >= 15 is 0 Å². The second-order valence-electron chi connectivity index (χ2n) is 5.95. The van der Waals surface area contributed by atoms with Gasteiger partial charge in [-0.15, -0.1) is 0 Å². The molecule has 0 radical (unpaired) electrons. The highest BCUT2D eigenvalue weighted by molar-refractivity contribution is 6.35. The molecule has 3 nitrogen and oxygen atoms in total. The van der Waals surface area contributed by atoms with Crippen LogP contribution >= 0.6 is 23.2 Å². The molecular formula is C16H22Cl2N2O. The largest absolute Gasteiger partial charge is 0.377 e. The number of benzene rings is 1. The van der Waals surface area contributed by atoms with Crippen LogP contribution < -0.4 is 0 Å². The summed E-state index contributed by atoms with van der Waals surface area (Å²) in [7, 11) is 0. The van der Waals surface area contributed by atoms with Gasteiger partial charge in [-0.1, -0.05) is 29.3 Å². The third kappa shape index (κ3) is 4.33. The molecule has 0 saturated carbocycles. The van der Waals surface area contributed by atoms with Crippen molar-refractivity contribution in [3.8, 4) is 0 Å². The lowest BCUT2D eigenvalue weighted by molar-refractivity contribution is 0.0489. The van der Waals surface area contributed by atoms with E-state index in [0.29, 0.717) is 11.1 Å². The van der Waals surface area contributed by atoms with Crippen molar-refractivity contribution in [3.63, 3.8) is 0 Å². The molecule has 1 atom stereocenters. The molecule has 116 valence electrons. The first kappa shape index (κ1) is 15.6. The Kier molecular flexibility index (Phi) is 5.41. The first-order valence-electron chi connectivity index (χ1n) is 7.71. The predicted molar refractivity (Wildman–Crippen MR) is 87.2 cm³/mol. The third-order valence-electron chi connectivity index (χ3n) is 4.36. The monoisotopic (exact) mass is 328 g/mol. The molecule has 0 amide bonds. The maximum atomic E-state index is 6.25. The molecule has 21 heavy (non-hydrogen) atoms. The van der Waals surface area contributed by atoms with E-state index in [1.807, 2.05) is 18.2 Å². The summed E-state index contributed by atoms with van der Waals surface area (Å²) in [6.07, 6.45) is 2.91. The van der Waals surface area contributed by atoms with Gasteiger partial charge < -0.3 is 4.74 Å². The number of rotatable bonds is 4. The zero-order chi connectivity index (χ0) is 14.7. The van der Waals surface area contributed by atoms with Crippen LogP contribution in [0.3, 0.4) is 0 Å². The topological polar surface area (TPSA) is 15.7 Å². The fraction of sp³-hybridized carbons (Fsp3) is 0.625. The van der Waals surface area contributed by atoms with E-state index in [1.165, 1.54) is 12.8 Å². The molecule has 0 aliphatic carbocycles. The molecule has 2 saturated heterocycles. The number of hydrogen-bond donors (Lipinski definition) is 0. The highest BCUT2D eigenvalue weighted by Crippen LogP contribution is 2.23. The summed E-state index contributed by atoms with van der Waals surface area (Å²) in [6.45, 7) is 7.35. The Hall–Kier alpha value is -0.320. The zero-order valence-electron chi connectivity index (χ0n) is 12.2. The van der Waals surface area contributed by atoms with Crippen molar-refractivity contribution < 1.29 is 4.74 Å². The van der Waals surface area contributed by atoms with Gasteiger partial charge in [-0.2, -0.15) is 0 Å². The molecule has 2 aliphatic rings. The molecule has 2 aliphatic heterocycles. The van der Waals surface area contributed by atoms with Crippen LogP contribution in [0, 0.1) is 0 Å². The predicted octanol–water partition coefficient (Wildman–Crippen LogP) is 3.29. The Labute approximate surface area is 136 Å². The van der Waals surface area contributed by atoms with E-state index in [-0.39, 0.29) is 0 Å².